The van der Waals surface area contributed by atoms with Crippen LogP contribution in [0.5, 0.6) is 23.0 Å². The molecule has 1 atom stereocenters. The van der Waals surface area contributed by atoms with Crippen LogP contribution < -0.4 is 35.0 Å². The number of rotatable bonds is 12. The number of halogens is 1. The van der Waals surface area contributed by atoms with Gasteiger partial charge in [-0.1, -0.05) is 12.0 Å². The Kier molecular flexibility index (Phi) is 11.0. The fourth-order valence-corrected chi connectivity index (χ4v) is 4.40. The second kappa shape index (κ2) is 14.6. The quantitative estimate of drug-likeness (QED) is 0.141. The summed E-state index contributed by atoms with van der Waals surface area (Å²) in [7, 11) is 2.92. The smallest absolute Gasteiger partial charge is 0.338 e. The Hall–Kier alpha value is -4.70. The van der Waals surface area contributed by atoms with E-state index in [1.54, 1.807) is 44.2 Å². The summed E-state index contributed by atoms with van der Waals surface area (Å²) in [6.07, 6.45) is 6.67. The fourth-order valence-electron chi connectivity index (χ4n) is 3.83. The Balaban J connectivity index is 1.67. The first kappa shape index (κ1) is 30.8. The van der Waals surface area contributed by atoms with Gasteiger partial charge >= 0.3 is 12.0 Å². The van der Waals surface area contributed by atoms with Crippen LogP contribution in [0.2, 0.25) is 0 Å². The van der Waals surface area contributed by atoms with Crippen molar-refractivity contribution in [3.8, 4) is 35.3 Å². The normalized spacial score (nSPS) is 14.4. The predicted molar refractivity (Wildman–Crippen MR) is 153 cm³/mol. The van der Waals surface area contributed by atoms with Crippen molar-refractivity contribution in [3.05, 3.63) is 57.2 Å². The highest BCUT2D eigenvalue weighted by atomic mass is 79.9. The number of carbonyl (C=O) groups is 3. The molecule has 0 aliphatic carbocycles. The second-order valence-electron chi connectivity index (χ2n) is 8.31. The Bertz CT molecular complexity index is 1420. The van der Waals surface area contributed by atoms with Gasteiger partial charge in [-0.15, -0.1) is 6.42 Å². The molecule has 216 valence electrons. The minimum absolute atomic E-state index is 0.0753. The molecule has 0 aromatic heterocycles. The number of nitrogens with one attached hydrogen (secondary N) is 3. The third kappa shape index (κ3) is 7.92. The number of benzene rings is 2. The Morgan fingerprint density at radius 3 is 2.59 bits per heavy atom. The molecule has 3 rings (SSSR count). The maximum atomic E-state index is 12.6. The monoisotopic (exact) mass is 628 g/mol. The highest BCUT2D eigenvalue weighted by Crippen LogP contribution is 2.36. The van der Waals surface area contributed by atoms with Crippen LogP contribution in [0.1, 0.15) is 31.0 Å². The van der Waals surface area contributed by atoms with E-state index in [2.05, 4.69) is 43.0 Å². The molecule has 0 spiro atoms. The number of hydrogen-bond acceptors (Lipinski definition) is 9. The van der Waals surface area contributed by atoms with Crippen LogP contribution in [-0.2, 0) is 14.3 Å². The Labute approximate surface area is 245 Å². The standard InChI is InChI=1S/C28H29BrN4O8/c1-6-10-40-26-19(29)11-17(12-22(26)38-5)14-30-33-23(34)15-41-20-9-8-18(13-21(20)37-4)25-24(27(35)39-7-2)16(3)31-28(36)32-25/h1,8-9,11-14,25H,7,10,15H2,2-5H3,(H,33,34)(H2,31,32,36)/b30-14-/t25-/m0/s1. The lowest BCUT2D eigenvalue weighted by Gasteiger charge is -2.28. The van der Waals surface area contributed by atoms with Crippen LogP contribution in [0.15, 0.2) is 51.2 Å². The highest BCUT2D eigenvalue weighted by molar-refractivity contribution is 9.10. The average molecular weight is 629 g/mol. The zero-order valence-corrected chi connectivity index (χ0v) is 24.4. The number of esters is 1. The van der Waals surface area contributed by atoms with E-state index >= 15 is 0 Å². The summed E-state index contributed by atoms with van der Waals surface area (Å²) in [4.78, 5) is 37.1. The minimum atomic E-state index is -0.778. The van der Waals surface area contributed by atoms with Crippen LogP contribution in [0, 0.1) is 12.3 Å². The third-order valence-electron chi connectivity index (χ3n) is 5.60. The topological polar surface area (TPSA) is 146 Å². The average Bonchev–Trinajstić information content (AvgIpc) is 2.94. The lowest BCUT2D eigenvalue weighted by atomic mass is 9.95. The molecule has 12 nitrogen and oxygen atoms in total. The van der Waals surface area contributed by atoms with Gasteiger partial charge in [-0.3, -0.25) is 4.79 Å². The molecule has 1 heterocycles. The third-order valence-corrected chi connectivity index (χ3v) is 6.19. The van der Waals surface area contributed by atoms with E-state index in [4.69, 9.17) is 30.1 Å². The second-order valence-corrected chi connectivity index (χ2v) is 9.16. The van der Waals surface area contributed by atoms with E-state index in [1.165, 1.54) is 20.4 Å². The van der Waals surface area contributed by atoms with Gasteiger partial charge in [0, 0.05) is 5.70 Å². The molecule has 3 N–H and O–H groups in total. The molecule has 0 radical (unpaired) electrons. The number of terminal acetylenes is 1. The number of hydrazone groups is 1. The van der Waals surface area contributed by atoms with Gasteiger partial charge in [0.2, 0.25) is 0 Å². The molecule has 1 aliphatic heterocycles. The fraction of sp³-hybridized carbons (Fsp3) is 0.286. The van der Waals surface area contributed by atoms with E-state index in [1.807, 2.05) is 0 Å². The molecular weight excluding hydrogens is 600 g/mol. The van der Waals surface area contributed by atoms with Crippen molar-refractivity contribution in [2.45, 2.75) is 19.9 Å². The molecule has 2 aromatic rings. The summed E-state index contributed by atoms with van der Waals surface area (Å²) in [5, 5.41) is 9.26. The van der Waals surface area contributed by atoms with Gasteiger partial charge < -0.3 is 34.3 Å². The van der Waals surface area contributed by atoms with Gasteiger partial charge in [0.25, 0.3) is 5.91 Å². The van der Waals surface area contributed by atoms with E-state index < -0.39 is 23.9 Å². The van der Waals surface area contributed by atoms with E-state index in [0.29, 0.717) is 32.8 Å². The molecule has 0 bridgehead atoms. The molecule has 41 heavy (non-hydrogen) atoms. The van der Waals surface area contributed by atoms with Crippen LogP contribution in [-0.4, -0.2) is 58.2 Å². The van der Waals surface area contributed by atoms with Crippen LogP contribution in [0.25, 0.3) is 0 Å². The summed E-state index contributed by atoms with van der Waals surface area (Å²) in [5.74, 6) is 2.75. The number of allylic oxidation sites excluding steroid dienone is 1. The summed E-state index contributed by atoms with van der Waals surface area (Å²) >= 11 is 3.40. The van der Waals surface area contributed by atoms with Crippen LogP contribution in [0.4, 0.5) is 4.79 Å². The zero-order valence-electron chi connectivity index (χ0n) is 22.8. The first-order chi connectivity index (χ1) is 19.7. The first-order valence-corrected chi connectivity index (χ1v) is 13.0. The van der Waals surface area contributed by atoms with Crippen molar-refractivity contribution >= 4 is 40.1 Å². The summed E-state index contributed by atoms with van der Waals surface area (Å²) in [6, 6.07) is 6.99. The molecular formula is C28H29BrN4O8. The van der Waals surface area contributed by atoms with Crippen molar-refractivity contribution in [1.29, 1.82) is 0 Å². The van der Waals surface area contributed by atoms with Gasteiger partial charge in [-0.25, -0.2) is 15.0 Å². The molecule has 3 amide bonds. The van der Waals surface area contributed by atoms with Crippen LogP contribution in [0.3, 0.4) is 0 Å². The minimum Gasteiger partial charge on any atom is -0.493 e. The van der Waals surface area contributed by atoms with Crippen molar-refractivity contribution in [1.82, 2.24) is 16.1 Å². The number of ether oxygens (including phenoxy) is 5. The van der Waals surface area contributed by atoms with Gasteiger partial charge in [0.15, 0.2) is 29.6 Å². The number of carbonyl (C=O) groups excluding carboxylic acids is 3. The summed E-state index contributed by atoms with van der Waals surface area (Å²) in [6.45, 7) is 3.20. The highest BCUT2D eigenvalue weighted by Gasteiger charge is 2.32. The number of hydrogen-bond donors (Lipinski definition) is 3. The zero-order chi connectivity index (χ0) is 29.9. The SMILES string of the molecule is C#CCOc1c(Br)cc(/C=N\NC(=O)COc2ccc([C@@H]3NC(=O)NC(C)=C3C(=O)OCC)cc2OC)cc1OC. The molecule has 0 saturated heterocycles. The number of nitrogens with zero attached hydrogens (tertiary/aromatic N) is 1. The van der Waals surface area contributed by atoms with Crippen molar-refractivity contribution in [2.24, 2.45) is 5.10 Å². The maximum Gasteiger partial charge on any atom is 0.338 e. The summed E-state index contributed by atoms with van der Waals surface area (Å²) < 4.78 is 27.6. The predicted octanol–water partition coefficient (Wildman–Crippen LogP) is 3.20. The van der Waals surface area contributed by atoms with E-state index in [-0.39, 0.29) is 36.9 Å². The van der Waals surface area contributed by atoms with Gasteiger partial charge in [0.05, 0.1) is 43.1 Å². The number of urea groups is 1. The van der Waals surface area contributed by atoms with Crippen LogP contribution >= 0.6 is 15.9 Å². The van der Waals surface area contributed by atoms with Gasteiger partial charge in [-0.05, 0) is 65.2 Å². The molecule has 2 aromatic carbocycles. The van der Waals surface area contributed by atoms with E-state index in [0.717, 1.165) is 0 Å². The lowest BCUT2D eigenvalue weighted by Crippen LogP contribution is -2.45. The number of amides is 3. The van der Waals surface area contributed by atoms with E-state index in [9.17, 15) is 14.4 Å². The molecule has 1 aliphatic rings. The Morgan fingerprint density at radius 2 is 1.90 bits per heavy atom. The molecule has 0 unspecified atom stereocenters. The summed E-state index contributed by atoms with van der Waals surface area (Å²) in [5.41, 5.74) is 4.21. The van der Waals surface area contributed by atoms with Crippen molar-refractivity contribution < 1.29 is 38.1 Å². The molecule has 0 fully saturated rings. The number of methoxy groups -OCH3 is 2. The Morgan fingerprint density at radius 1 is 1.15 bits per heavy atom. The maximum absolute atomic E-state index is 12.6. The van der Waals surface area contributed by atoms with Gasteiger partial charge in [0.1, 0.15) is 6.61 Å². The largest absolute Gasteiger partial charge is 0.493 e. The molecule has 13 heteroatoms. The van der Waals surface area contributed by atoms with Crippen molar-refractivity contribution in [2.75, 3.05) is 34.0 Å². The molecule has 0 saturated carbocycles. The van der Waals surface area contributed by atoms with Crippen molar-refractivity contribution in [3.63, 3.8) is 0 Å². The first-order valence-electron chi connectivity index (χ1n) is 12.2. The van der Waals surface area contributed by atoms with Gasteiger partial charge in [-0.2, -0.15) is 5.10 Å². The lowest BCUT2D eigenvalue weighted by molar-refractivity contribution is -0.139.